The average molecular weight is 278 g/mol. The van der Waals surface area contributed by atoms with E-state index >= 15 is 0 Å². The second-order valence-electron chi connectivity index (χ2n) is 2.95. The first-order valence-electron chi connectivity index (χ1n) is 4.26. The highest BCUT2D eigenvalue weighted by Crippen LogP contribution is 2.26. The smallest absolute Gasteiger partial charge is 0.303 e. The lowest BCUT2D eigenvalue weighted by Gasteiger charge is -2.05. The fourth-order valence-electron chi connectivity index (χ4n) is 1.19. The van der Waals surface area contributed by atoms with Gasteiger partial charge in [0, 0.05) is 15.9 Å². The Bertz CT molecular complexity index is 319. The Balaban J connectivity index is 2.62. The van der Waals surface area contributed by atoms with Gasteiger partial charge in [-0.25, -0.2) is 0 Å². The van der Waals surface area contributed by atoms with Crippen LogP contribution in [0.4, 0.5) is 0 Å². The number of carbonyl (C=O) groups is 1. The molecule has 0 aliphatic carbocycles. The molecule has 2 nitrogen and oxygen atoms in total. The predicted molar refractivity (Wildman–Crippen MR) is 59.7 cm³/mol. The molecule has 76 valence electrons. The summed E-state index contributed by atoms with van der Waals surface area (Å²) in [6.07, 6.45) is 1.47. The van der Waals surface area contributed by atoms with Gasteiger partial charge in [0.05, 0.1) is 0 Å². The van der Waals surface area contributed by atoms with Gasteiger partial charge in [0.15, 0.2) is 0 Å². The minimum Gasteiger partial charge on any atom is -0.481 e. The molecule has 0 aliphatic heterocycles. The van der Waals surface area contributed by atoms with Crippen molar-refractivity contribution in [2.24, 2.45) is 0 Å². The third-order valence-corrected chi connectivity index (χ3v) is 2.98. The third kappa shape index (κ3) is 3.31. The number of hydrogen-bond acceptors (Lipinski definition) is 1. The van der Waals surface area contributed by atoms with Crippen molar-refractivity contribution in [1.82, 2.24) is 0 Å². The lowest BCUT2D eigenvalue weighted by molar-refractivity contribution is -0.137. The Morgan fingerprint density at radius 3 is 2.79 bits per heavy atom. The highest BCUT2D eigenvalue weighted by Gasteiger charge is 2.05. The van der Waals surface area contributed by atoms with Crippen LogP contribution in [-0.4, -0.2) is 11.1 Å². The Labute approximate surface area is 96.0 Å². The SMILES string of the molecule is O=C(O)CCCc1c(Cl)cccc1Br. The topological polar surface area (TPSA) is 37.3 Å². The van der Waals surface area contributed by atoms with E-state index in [4.69, 9.17) is 16.7 Å². The predicted octanol–water partition coefficient (Wildman–Crippen LogP) is 3.51. The summed E-state index contributed by atoms with van der Waals surface area (Å²) in [5.41, 5.74) is 0.982. The molecule has 0 fully saturated rings. The lowest BCUT2D eigenvalue weighted by atomic mass is 10.1. The van der Waals surface area contributed by atoms with Crippen LogP contribution in [0.1, 0.15) is 18.4 Å². The van der Waals surface area contributed by atoms with E-state index in [1.54, 1.807) is 0 Å². The Morgan fingerprint density at radius 2 is 2.21 bits per heavy atom. The normalized spacial score (nSPS) is 10.1. The average Bonchev–Trinajstić information content (AvgIpc) is 2.09. The summed E-state index contributed by atoms with van der Waals surface area (Å²) in [6, 6.07) is 5.57. The quantitative estimate of drug-likeness (QED) is 0.914. The molecule has 4 heteroatoms. The third-order valence-electron chi connectivity index (χ3n) is 1.88. The van der Waals surface area contributed by atoms with E-state index in [0.29, 0.717) is 17.9 Å². The van der Waals surface area contributed by atoms with Gasteiger partial charge in [-0.3, -0.25) is 4.79 Å². The summed E-state index contributed by atoms with van der Waals surface area (Å²) < 4.78 is 0.940. The summed E-state index contributed by atoms with van der Waals surface area (Å²) in [5, 5.41) is 9.17. The largest absolute Gasteiger partial charge is 0.481 e. The highest BCUT2D eigenvalue weighted by molar-refractivity contribution is 9.10. The first kappa shape index (κ1) is 11.5. The van der Waals surface area contributed by atoms with Crippen LogP contribution in [0.5, 0.6) is 0 Å². The summed E-state index contributed by atoms with van der Waals surface area (Å²) in [7, 11) is 0. The summed E-state index contributed by atoms with van der Waals surface area (Å²) >= 11 is 9.35. The Morgan fingerprint density at radius 1 is 1.50 bits per heavy atom. The molecule has 0 radical (unpaired) electrons. The summed E-state index contributed by atoms with van der Waals surface area (Å²) in [5.74, 6) is -0.770. The van der Waals surface area contributed by atoms with E-state index < -0.39 is 5.97 Å². The molecule has 0 unspecified atom stereocenters. The number of hydrogen-bond donors (Lipinski definition) is 1. The first-order chi connectivity index (χ1) is 6.61. The zero-order valence-electron chi connectivity index (χ0n) is 7.46. The fourth-order valence-corrected chi connectivity index (χ4v) is 2.14. The van der Waals surface area contributed by atoms with E-state index in [-0.39, 0.29) is 6.42 Å². The maximum absolute atomic E-state index is 10.3. The number of carboxylic acids is 1. The molecule has 0 aromatic heterocycles. The molecular formula is C10H10BrClO2. The molecule has 0 spiro atoms. The highest BCUT2D eigenvalue weighted by atomic mass is 79.9. The minimum absolute atomic E-state index is 0.178. The number of halogens is 2. The fraction of sp³-hybridized carbons (Fsp3) is 0.300. The van der Waals surface area contributed by atoms with Crippen LogP contribution in [0.3, 0.4) is 0 Å². The van der Waals surface area contributed by atoms with Gasteiger partial charge < -0.3 is 5.11 Å². The van der Waals surface area contributed by atoms with Crippen LogP contribution in [0.25, 0.3) is 0 Å². The maximum atomic E-state index is 10.3. The monoisotopic (exact) mass is 276 g/mol. The van der Waals surface area contributed by atoms with E-state index in [2.05, 4.69) is 15.9 Å². The van der Waals surface area contributed by atoms with E-state index in [1.807, 2.05) is 18.2 Å². The molecule has 1 aromatic carbocycles. The second-order valence-corrected chi connectivity index (χ2v) is 4.21. The molecule has 0 aliphatic rings. The molecule has 0 saturated carbocycles. The molecule has 0 bridgehead atoms. The zero-order chi connectivity index (χ0) is 10.6. The number of benzene rings is 1. The van der Waals surface area contributed by atoms with Crippen LogP contribution in [0.15, 0.2) is 22.7 Å². The van der Waals surface area contributed by atoms with Gasteiger partial charge in [-0.15, -0.1) is 0 Å². The molecule has 1 N–H and O–H groups in total. The van der Waals surface area contributed by atoms with Crippen molar-refractivity contribution in [3.05, 3.63) is 33.3 Å². The minimum atomic E-state index is -0.770. The molecule has 1 rings (SSSR count). The molecule has 14 heavy (non-hydrogen) atoms. The van der Waals surface area contributed by atoms with Gasteiger partial charge in [-0.2, -0.15) is 0 Å². The first-order valence-corrected chi connectivity index (χ1v) is 5.43. The van der Waals surface area contributed by atoms with E-state index in [1.165, 1.54) is 0 Å². The van der Waals surface area contributed by atoms with E-state index in [9.17, 15) is 4.79 Å². The van der Waals surface area contributed by atoms with Crippen molar-refractivity contribution in [3.63, 3.8) is 0 Å². The van der Waals surface area contributed by atoms with Crippen LogP contribution >= 0.6 is 27.5 Å². The van der Waals surface area contributed by atoms with Crippen LogP contribution in [0.2, 0.25) is 5.02 Å². The van der Waals surface area contributed by atoms with Gasteiger partial charge in [0.2, 0.25) is 0 Å². The van der Waals surface area contributed by atoms with Gasteiger partial charge >= 0.3 is 5.97 Å². The van der Waals surface area contributed by atoms with Gasteiger partial charge in [-0.1, -0.05) is 33.6 Å². The molecule has 0 atom stereocenters. The van der Waals surface area contributed by atoms with Crippen molar-refractivity contribution >= 4 is 33.5 Å². The Kier molecular flexibility index (Phi) is 4.42. The van der Waals surface area contributed by atoms with Gasteiger partial charge in [0.1, 0.15) is 0 Å². The van der Waals surface area contributed by atoms with Crippen LogP contribution < -0.4 is 0 Å². The van der Waals surface area contributed by atoms with Crippen molar-refractivity contribution in [2.75, 3.05) is 0 Å². The molecular weight excluding hydrogens is 267 g/mol. The zero-order valence-corrected chi connectivity index (χ0v) is 9.81. The number of aliphatic carboxylic acids is 1. The van der Waals surface area contributed by atoms with Crippen LogP contribution in [0, 0.1) is 0 Å². The van der Waals surface area contributed by atoms with Gasteiger partial charge in [-0.05, 0) is 30.5 Å². The molecule has 0 saturated heterocycles. The Hall–Kier alpha value is -0.540. The second kappa shape index (κ2) is 5.37. The summed E-state index contributed by atoms with van der Waals surface area (Å²) in [6.45, 7) is 0. The summed E-state index contributed by atoms with van der Waals surface area (Å²) in [4.78, 5) is 10.3. The number of carboxylic acid groups (broad SMARTS) is 1. The standard InChI is InChI=1S/C10H10BrClO2/c11-8-4-2-5-9(12)7(8)3-1-6-10(13)14/h2,4-5H,1,3,6H2,(H,13,14). The number of rotatable bonds is 4. The maximum Gasteiger partial charge on any atom is 0.303 e. The molecule has 1 aromatic rings. The van der Waals surface area contributed by atoms with Crippen molar-refractivity contribution in [1.29, 1.82) is 0 Å². The van der Waals surface area contributed by atoms with Crippen molar-refractivity contribution in [2.45, 2.75) is 19.3 Å². The van der Waals surface area contributed by atoms with Crippen molar-refractivity contribution < 1.29 is 9.90 Å². The molecule has 0 heterocycles. The van der Waals surface area contributed by atoms with Crippen LogP contribution in [-0.2, 0) is 11.2 Å². The van der Waals surface area contributed by atoms with E-state index in [0.717, 1.165) is 10.0 Å². The lowest BCUT2D eigenvalue weighted by Crippen LogP contribution is -1.96. The van der Waals surface area contributed by atoms with Crippen molar-refractivity contribution in [3.8, 4) is 0 Å². The van der Waals surface area contributed by atoms with Gasteiger partial charge in [0.25, 0.3) is 0 Å². The molecule has 0 amide bonds.